The number of hydrogen-bond acceptors (Lipinski definition) is 5. The van der Waals surface area contributed by atoms with Crippen LogP contribution in [-0.2, 0) is 23.8 Å². The van der Waals surface area contributed by atoms with Crippen LogP contribution < -0.4 is 0 Å². The second kappa shape index (κ2) is 2.52. The van der Waals surface area contributed by atoms with Gasteiger partial charge in [0.2, 0.25) is 0 Å². The molecule has 0 aromatic rings. The van der Waals surface area contributed by atoms with E-state index in [-0.39, 0.29) is 0 Å². The first kappa shape index (κ1) is 8.65. The molecule has 0 aromatic carbocycles. The average Bonchev–Trinajstić information content (AvgIpc) is 2.47. The van der Waals surface area contributed by atoms with Crippen LogP contribution in [0.5, 0.6) is 0 Å². The molecular formula is C8H10O5. The van der Waals surface area contributed by atoms with Gasteiger partial charge in [-0.25, -0.2) is 4.79 Å². The summed E-state index contributed by atoms with van der Waals surface area (Å²) in [4.78, 5) is 21.6. The molecule has 0 radical (unpaired) electrons. The van der Waals surface area contributed by atoms with Gasteiger partial charge in [0.15, 0.2) is 24.3 Å². The Morgan fingerprint density at radius 3 is 2.69 bits per heavy atom. The number of hydrogen-bond donors (Lipinski definition) is 0. The number of ether oxygens (including phenoxy) is 3. The van der Waals surface area contributed by atoms with Crippen LogP contribution in [0, 0.1) is 0 Å². The fraction of sp³-hybridized carbons (Fsp3) is 0.750. The summed E-state index contributed by atoms with van der Waals surface area (Å²) in [6.07, 6.45) is -1.59. The molecule has 72 valence electrons. The molecule has 2 rings (SSSR count). The van der Waals surface area contributed by atoms with Crippen LogP contribution >= 0.6 is 0 Å². The highest BCUT2D eigenvalue weighted by Gasteiger charge is 2.55. The second-order valence-electron chi connectivity index (χ2n) is 3.56. The Hall–Kier alpha value is -0.940. The van der Waals surface area contributed by atoms with Gasteiger partial charge >= 0.3 is 5.97 Å². The number of esters is 1. The van der Waals surface area contributed by atoms with Gasteiger partial charge in [-0.3, -0.25) is 4.79 Å². The molecule has 2 saturated heterocycles. The summed E-state index contributed by atoms with van der Waals surface area (Å²) in [7, 11) is 0. The van der Waals surface area contributed by atoms with E-state index in [0.717, 1.165) is 0 Å². The van der Waals surface area contributed by atoms with E-state index in [2.05, 4.69) is 0 Å². The minimum absolute atomic E-state index is 0.521. The summed E-state index contributed by atoms with van der Waals surface area (Å²) >= 11 is 0. The van der Waals surface area contributed by atoms with Gasteiger partial charge < -0.3 is 14.2 Å². The lowest BCUT2D eigenvalue weighted by Gasteiger charge is -2.19. The lowest BCUT2D eigenvalue weighted by atomic mass is 10.2. The molecular weight excluding hydrogens is 176 g/mol. The lowest BCUT2D eigenvalue weighted by molar-refractivity contribution is -0.186. The molecule has 0 aliphatic carbocycles. The van der Waals surface area contributed by atoms with Crippen molar-refractivity contribution in [2.45, 2.75) is 37.9 Å². The van der Waals surface area contributed by atoms with Crippen molar-refractivity contribution in [2.75, 3.05) is 0 Å². The third-order valence-electron chi connectivity index (χ3n) is 2.07. The topological polar surface area (TPSA) is 61.8 Å². The smallest absolute Gasteiger partial charge is 0.339 e. The van der Waals surface area contributed by atoms with Crippen LogP contribution in [0.1, 0.15) is 13.8 Å². The molecule has 0 bridgehead atoms. The van der Waals surface area contributed by atoms with Crippen molar-refractivity contribution in [1.82, 2.24) is 0 Å². The lowest BCUT2D eigenvalue weighted by Crippen LogP contribution is -2.30. The van der Waals surface area contributed by atoms with E-state index in [1.165, 1.54) is 0 Å². The molecule has 13 heavy (non-hydrogen) atoms. The first-order valence-corrected chi connectivity index (χ1v) is 4.05. The molecule has 3 atom stereocenters. The third kappa shape index (κ3) is 1.24. The molecule has 0 spiro atoms. The highest BCUT2D eigenvalue weighted by Crippen LogP contribution is 2.35. The summed E-state index contributed by atoms with van der Waals surface area (Å²) in [6, 6.07) is 0. The van der Waals surface area contributed by atoms with Crippen LogP contribution in [0.2, 0.25) is 0 Å². The molecule has 2 heterocycles. The van der Waals surface area contributed by atoms with Gasteiger partial charge in [-0.05, 0) is 13.8 Å². The quantitative estimate of drug-likeness (QED) is 0.413. The largest absolute Gasteiger partial charge is 0.450 e. The van der Waals surface area contributed by atoms with E-state index < -0.39 is 30.1 Å². The predicted octanol–water partition coefficient (Wildman–Crippen LogP) is -0.369. The van der Waals surface area contributed by atoms with Crippen LogP contribution in [-0.4, -0.2) is 36.4 Å². The Morgan fingerprint density at radius 2 is 2.08 bits per heavy atom. The molecule has 5 heteroatoms. The summed E-state index contributed by atoms with van der Waals surface area (Å²) in [5.74, 6) is -1.33. The number of rotatable bonds is 1. The molecule has 5 nitrogen and oxygen atoms in total. The van der Waals surface area contributed by atoms with Crippen LogP contribution in [0.25, 0.3) is 0 Å². The molecule has 0 amide bonds. The van der Waals surface area contributed by atoms with E-state index in [1.54, 1.807) is 13.8 Å². The van der Waals surface area contributed by atoms with Crippen molar-refractivity contribution < 1.29 is 23.8 Å². The van der Waals surface area contributed by atoms with Gasteiger partial charge in [0.1, 0.15) is 6.10 Å². The van der Waals surface area contributed by atoms with E-state index in [1.807, 2.05) is 0 Å². The molecule has 0 saturated carbocycles. The summed E-state index contributed by atoms with van der Waals surface area (Å²) < 4.78 is 15.3. The SMILES string of the molecule is CC1(C)O[C@@H]2[C@H](O1)C(=O)O[C@@H]2C=O. The van der Waals surface area contributed by atoms with Crippen molar-refractivity contribution in [3.05, 3.63) is 0 Å². The van der Waals surface area contributed by atoms with Gasteiger partial charge in [-0.2, -0.15) is 0 Å². The number of aldehydes is 1. The van der Waals surface area contributed by atoms with Gasteiger partial charge in [0.05, 0.1) is 0 Å². The standard InChI is InChI=1S/C8H10O5/c1-8(2)12-5-4(3-9)11-7(10)6(5)13-8/h3-6H,1-2H3/t4-,5+,6+/m1/s1. The maximum absolute atomic E-state index is 11.1. The van der Waals surface area contributed by atoms with Gasteiger partial charge in [-0.15, -0.1) is 0 Å². The maximum Gasteiger partial charge on any atom is 0.339 e. The van der Waals surface area contributed by atoms with E-state index >= 15 is 0 Å². The summed E-state index contributed by atoms with van der Waals surface area (Å²) in [5.41, 5.74) is 0. The van der Waals surface area contributed by atoms with Crippen molar-refractivity contribution in [1.29, 1.82) is 0 Å². The molecule has 2 aliphatic heterocycles. The number of carbonyl (C=O) groups is 2. The van der Waals surface area contributed by atoms with E-state index in [4.69, 9.17) is 14.2 Å². The van der Waals surface area contributed by atoms with Crippen molar-refractivity contribution in [2.24, 2.45) is 0 Å². The van der Waals surface area contributed by atoms with Crippen molar-refractivity contribution in [3.63, 3.8) is 0 Å². The normalized spacial score (nSPS) is 41.4. The van der Waals surface area contributed by atoms with Crippen molar-refractivity contribution >= 4 is 12.3 Å². The molecule has 0 aromatic heterocycles. The summed E-state index contributed by atoms with van der Waals surface area (Å²) in [6.45, 7) is 3.39. The monoisotopic (exact) mass is 186 g/mol. The van der Waals surface area contributed by atoms with E-state index in [9.17, 15) is 9.59 Å². The zero-order valence-corrected chi connectivity index (χ0v) is 7.35. The molecule has 2 aliphatic rings. The Bertz CT molecular complexity index is 259. The number of carbonyl (C=O) groups excluding carboxylic acids is 2. The first-order valence-electron chi connectivity index (χ1n) is 4.05. The fourth-order valence-electron chi connectivity index (χ4n) is 1.59. The predicted molar refractivity (Wildman–Crippen MR) is 39.8 cm³/mol. The average molecular weight is 186 g/mol. The van der Waals surface area contributed by atoms with Crippen molar-refractivity contribution in [3.8, 4) is 0 Å². The molecule has 0 N–H and O–H groups in total. The number of fused-ring (bicyclic) bond motifs is 1. The number of cyclic esters (lactones) is 1. The van der Waals surface area contributed by atoms with Gasteiger partial charge in [0.25, 0.3) is 0 Å². The maximum atomic E-state index is 11.1. The van der Waals surface area contributed by atoms with Gasteiger partial charge in [0, 0.05) is 0 Å². The Kier molecular flexibility index (Phi) is 1.68. The Balaban J connectivity index is 2.22. The zero-order chi connectivity index (χ0) is 9.64. The first-order chi connectivity index (χ1) is 6.03. The molecule has 2 fully saturated rings. The highest BCUT2D eigenvalue weighted by molar-refractivity contribution is 5.82. The Labute approximate surface area is 74.9 Å². The van der Waals surface area contributed by atoms with Gasteiger partial charge in [-0.1, -0.05) is 0 Å². The summed E-state index contributed by atoms with van der Waals surface area (Å²) in [5, 5.41) is 0. The minimum atomic E-state index is -0.820. The fourth-order valence-corrected chi connectivity index (χ4v) is 1.59. The van der Waals surface area contributed by atoms with Crippen LogP contribution in [0.4, 0.5) is 0 Å². The second-order valence-corrected chi connectivity index (χ2v) is 3.56. The highest BCUT2D eigenvalue weighted by atomic mass is 16.8. The third-order valence-corrected chi connectivity index (χ3v) is 2.07. The molecule has 0 unspecified atom stereocenters. The van der Waals surface area contributed by atoms with Crippen LogP contribution in [0.15, 0.2) is 0 Å². The van der Waals surface area contributed by atoms with Crippen LogP contribution in [0.3, 0.4) is 0 Å². The minimum Gasteiger partial charge on any atom is -0.450 e. The zero-order valence-electron chi connectivity index (χ0n) is 7.35. The Morgan fingerprint density at radius 1 is 1.38 bits per heavy atom. The van der Waals surface area contributed by atoms with E-state index in [0.29, 0.717) is 6.29 Å².